The summed E-state index contributed by atoms with van der Waals surface area (Å²) in [5.74, 6) is -0.826. The Morgan fingerprint density at radius 2 is 1.89 bits per heavy atom. The van der Waals surface area contributed by atoms with Gasteiger partial charge in [-0.2, -0.15) is 0 Å². The summed E-state index contributed by atoms with van der Waals surface area (Å²) >= 11 is 0. The molecule has 0 saturated heterocycles. The summed E-state index contributed by atoms with van der Waals surface area (Å²) in [4.78, 5) is 36.1. The van der Waals surface area contributed by atoms with Gasteiger partial charge in [-0.25, -0.2) is 9.78 Å². The van der Waals surface area contributed by atoms with Crippen LogP contribution in [0, 0.1) is 5.41 Å². The van der Waals surface area contributed by atoms with Gasteiger partial charge in [0, 0.05) is 32.1 Å². The lowest BCUT2D eigenvalue weighted by atomic mass is 9.88. The first-order valence-corrected chi connectivity index (χ1v) is 8.42. The van der Waals surface area contributed by atoms with Crippen LogP contribution in [-0.2, 0) is 35.1 Å². The second kappa shape index (κ2) is 14.4. The summed E-state index contributed by atoms with van der Waals surface area (Å²) in [5.41, 5.74) is -0.557. The van der Waals surface area contributed by atoms with Crippen LogP contribution in [0.5, 0.6) is 0 Å². The number of esters is 2. The minimum Gasteiger partial charge on any atom is -0.465 e. The third-order valence-corrected chi connectivity index (χ3v) is 3.66. The Morgan fingerprint density at radius 1 is 1.22 bits per heavy atom. The standard InChI is InChI=1S/C16H24N2O5.C3H4O/c1-4-14(19)22-11-16(5-2,10-21-3)12-23-15(20)6-8-18-9-7-17-13-18;1-2-3-4/h4,7,9,13H,1,5-6,8,10-12H2,2-3H3;2-3H,1H2. The highest BCUT2D eigenvalue weighted by atomic mass is 16.6. The summed E-state index contributed by atoms with van der Waals surface area (Å²) in [7, 11) is 1.56. The second-order valence-electron chi connectivity index (χ2n) is 5.68. The zero-order valence-electron chi connectivity index (χ0n) is 16.0. The van der Waals surface area contributed by atoms with Crippen LogP contribution in [-0.4, -0.2) is 54.7 Å². The van der Waals surface area contributed by atoms with Crippen molar-refractivity contribution in [1.29, 1.82) is 0 Å². The highest BCUT2D eigenvalue weighted by molar-refractivity contribution is 5.81. The number of nitrogens with zero attached hydrogens (tertiary/aromatic N) is 2. The van der Waals surface area contributed by atoms with Gasteiger partial charge in [0.05, 0.1) is 24.8 Å². The third-order valence-electron chi connectivity index (χ3n) is 3.66. The van der Waals surface area contributed by atoms with Crippen molar-refractivity contribution in [3.63, 3.8) is 0 Å². The van der Waals surface area contributed by atoms with Crippen molar-refractivity contribution < 1.29 is 28.6 Å². The van der Waals surface area contributed by atoms with Crippen LogP contribution in [0.15, 0.2) is 44.0 Å². The SMILES string of the molecule is C=CC(=O)OCC(CC)(COC)COC(=O)CCn1ccnc1.C=CC=O. The van der Waals surface area contributed by atoms with E-state index in [4.69, 9.17) is 19.0 Å². The number of hydrogen-bond donors (Lipinski definition) is 0. The molecule has 1 unspecified atom stereocenters. The van der Waals surface area contributed by atoms with E-state index in [0.29, 0.717) is 25.9 Å². The molecule has 0 radical (unpaired) electrons. The van der Waals surface area contributed by atoms with E-state index in [9.17, 15) is 9.59 Å². The van der Waals surface area contributed by atoms with Crippen LogP contribution < -0.4 is 0 Å². The number of rotatable bonds is 12. The van der Waals surface area contributed by atoms with E-state index < -0.39 is 11.4 Å². The second-order valence-corrected chi connectivity index (χ2v) is 5.68. The Hall–Kier alpha value is -2.74. The van der Waals surface area contributed by atoms with Crippen molar-refractivity contribution in [2.75, 3.05) is 26.9 Å². The van der Waals surface area contributed by atoms with Crippen LogP contribution in [0.1, 0.15) is 19.8 Å². The fourth-order valence-corrected chi connectivity index (χ4v) is 1.97. The molecule has 0 N–H and O–H groups in total. The molecule has 1 aromatic heterocycles. The Bertz CT molecular complexity index is 579. The zero-order chi connectivity index (χ0) is 20.5. The van der Waals surface area contributed by atoms with Crippen molar-refractivity contribution >= 4 is 18.2 Å². The van der Waals surface area contributed by atoms with Gasteiger partial charge in [-0.1, -0.05) is 20.1 Å². The average molecular weight is 380 g/mol. The Balaban J connectivity index is 0.00000153. The molecule has 0 spiro atoms. The predicted molar refractivity (Wildman–Crippen MR) is 99.8 cm³/mol. The Morgan fingerprint density at radius 3 is 2.37 bits per heavy atom. The zero-order valence-corrected chi connectivity index (χ0v) is 16.0. The maximum atomic E-state index is 11.9. The van der Waals surface area contributed by atoms with E-state index in [0.717, 1.165) is 6.08 Å². The van der Waals surface area contributed by atoms with E-state index in [1.54, 1.807) is 30.4 Å². The van der Waals surface area contributed by atoms with Gasteiger partial charge >= 0.3 is 11.9 Å². The molecule has 8 heteroatoms. The molecule has 0 aromatic carbocycles. The first kappa shape index (κ1) is 24.3. The number of hydrogen-bond acceptors (Lipinski definition) is 7. The number of carbonyl (C=O) groups excluding carboxylic acids is 3. The maximum absolute atomic E-state index is 11.9. The Kier molecular flexibility index (Phi) is 13.0. The summed E-state index contributed by atoms with van der Waals surface area (Å²) in [5, 5.41) is 0. The molecule has 1 atom stereocenters. The lowest BCUT2D eigenvalue weighted by molar-refractivity contribution is -0.155. The molecule has 0 aliphatic carbocycles. The van der Waals surface area contributed by atoms with Crippen LogP contribution in [0.4, 0.5) is 0 Å². The molecule has 0 amide bonds. The summed E-state index contributed by atoms with van der Waals surface area (Å²) < 4.78 is 17.5. The molecular weight excluding hydrogens is 352 g/mol. The normalized spacial score (nSPS) is 11.9. The molecule has 0 fully saturated rings. The lowest BCUT2D eigenvalue weighted by Crippen LogP contribution is -2.38. The van der Waals surface area contributed by atoms with Gasteiger partial charge in [0.1, 0.15) is 19.5 Å². The van der Waals surface area contributed by atoms with E-state index in [1.807, 2.05) is 6.92 Å². The van der Waals surface area contributed by atoms with Crippen molar-refractivity contribution in [2.24, 2.45) is 5.41 Å². The molecule has 0 bridgehead atoms. The monoisotopic (exact) mass is 380 g/mol. The van der Waals surface area contributed by atoms with Gasteiger partial charge in [0.2, 0.25) is 0 Å². The molecule has 1 aromatic rings. The molecule has 0 aliphatic rings. The van der Waals surface area contributed by atoms with Crippen LogP contribution in [0.3, 0.4) is 0 Å². The van der Waals surface area contributed by atoms with Gasteiger partial charge in [-0.05, 0) is 12.5 Å². The number of methoxy groups -OCH3 is 1. The smallest absolute Gasteiger partial charge is 0.330 e. The van der Waals surface area contributed by atoms with E-state index in [1.165, 1.54) is 6.08 Å². The van der Waals surface area contributed by atoms with Crippen molar-refractivity contribution in [3.05, 3.63) is 44.0 Å². The van der Waals surface area contributed by atoms with Gasteiger partial charge in [-0.3, -0.25) is 9.59 Å². The summed E-state index contributed by atoms with van der Waals surface area (Å²) in [6, 6.07) is 0. The van der Waals surface area contributed by atoms with Gasteiger partial charge in [-0.15, -0.1) is 0 Å². The lowest BCUT2D eigenvalue weighted by Gasteiger charge is -2.30. The largest absolute Gasteiger partial charge is 0.465 e. The van der Waals surface area contributed by atoms with Crippen molar-refractivity contribution in [1.82, 2.24) is 9.55 Å². The number of allylic oxidation sites excluding steroid dienone is 1. The molecule has 150 valence electrons. The number of imidazole rings is 1. The molecule has 1 rings (SSSR count). The molecule has 1 heterocycles. The number of aldehydes is 1. The number of aromatic nitrogens is 2. The number of aryl methyl sites for hydroxylation is 1. The quantitative estimate of drug-likeness (QED) is 0.311. The fraction of sp³-hybridized carbons (Fsp3) is 0.474. The van der Waals surface area contributed by atoms with Gasteiger partial charge in [0.25, 0.3) is 0 Å². The van der Waals surface area contributed by atoms with E-state index in [2.05, 4.69) is 18.1 Å². The first-order valence-electron chi connectivity index (χ1n) is 8.42. The van der Waals surface area contributed by atoms with E-state index in [-0.39, 0.29) is 25.6 Å². The molecule has 27 heavy (non-hydrogen) atoms. The van der Waals surface area contributed by atoms with Crippen LogP contribution in [0.2, 0.25) is 0 Å². The number of ether oxygens (including phenoxy) is 3. The number of carbonyl (C=O) groups is 3. The molecule has 0 aliphatic heterocycles. The first-order chi connectivity index (χ1) is 13.0. The molecular formula is C19H28N2O6. The van der Waals surface area contributed by atoms with Crippen LogP contribution >= 0.6 is 0 Å². The summed E-state index contributed by atoms with van der Waals surface area (Å²) in [6.07, 6.45) is 8.90. The highest BCUT2D eigenvalue weighted by Crippen LogP contribution is 2.24. The van der Waals surface area contributed by atoms with Crippen molar-refractivity contribution in [3.8, 4) is 0 Å². The fourth-order valence-electron chi connectivity index (χ4n) is 1.97. The predicted octanol–water partition coefficient (Wildman–Crippen LogP) is 1.96. The average Bonchev–Trinajstić information content (AvgIpc) is 3.22. The minimum absolute atomic E-state index is 0.108. The minimum atomic E-state index is -0.557. The molecule has 8 nitrogen and oxygen atoms in total. The van der Waals surface area contributed by atoms with Gasteiger partial charge < -0.3 is 18.8 Å². The maximum Gasteiger partial charge on any atom is 0.330 e. The third kappa shape index (κ3) is 10.8. The van der Waals surface area contributed by atoms with E-state index >= 15 is 0 Å². The van der Waals surface area contributed by atoms with Gasteiger partial charge in [0.15, 0.2) is 0 Å². The van der Waals surface area contributed by atoms with Crippen molar-refractivity contribution in [2.45, 2.75) is 26.3 Å². The summed E-state index contributed by atoms with van der Waals surface area (Å²) in [6.45, 7) is 9.47. The van der Waals surface area contributed by atoms with Crippen LogP contribution in [0.25, 0.3) is 0 Å². The topological polar surface area (TPSA) is 96.7 Å². The molecule has 0 saturated carbocycles. The highest BCUT2D eigenvalue weighted by Gasteiger charge is 2.32. The Labute approximate surface area is 159 Å².